The molecule has 0 radical (unpaired) electrons. The van der Waals surface area contributed by atoms with E-state index in [0.29, 0.717) is 11.6 Å². The third-order valence-corrected chi connectivity index (χ3v) is 2.48. The number of aryl methyl sites for hydroxylation is 1. The smallest absolute Gasteiger partial charge is 0.224 e. The maximum absolute atomic E-state index is 13.5. The molecule has 20 heavy (non-hydrogen) atoms. The Morgan fingerprint density at radius 3 is 2.70 bits per heavy atom. The lowest BCUT2D eigenvalue weighted by Gasteiger charge is -2.09. The van der Waals surface area contributed by atoms with Crippen molar-refractivity contribution in [2.75, 3.05) is 11.9 Å². The number of nitrogens with zero attached hydrogens (tertiary/aromatic N) is 2. The van der Waals surface area contributed by atoms with Crippen LogP contribution in [-0.2, 0) is 0 Å². The van der Waals surface area contributed by atoms with Crippen LogP contribution >= 0.6 is 0 Å². The van der Waals surface area contributed by atoms with Gasteiger partial charge in [0.2, 0.25) is 5.88 Å². The van der Waals surface area contributed by atoms with Gasteiger partial charge >= 0.3 is 0 Å². The zero-order valence-corrected chi connectivity index (χ0v) is 11.3. The molecule has 1 aromatic heterocycles. The molecule has 0 bridgehead atoms. The highest BCUT2D eigenvalue weighted by molar-refractivity contribution is 5.40. The molecule has 1 heterocycles. The number of hydrogen-bond acceptors (Lipinski definition) is 4. The largest absolute Gasteiger partial charge is 0.436 e. The summed E-state index contributed by atoms with van der Waals surface area (Å²) in [5.74, 6) is -0.184. The van der Waals surface area contributed by atoms with E-state index < -0.39 is 11.6 Å². The average Bonchev–Trinajstić information content (AvgIpc) is 2.39. The van der Waals surface area contributed by atoms with Crippen LogP contribution in [0.2, 0.25) is 0 Å². The molecule has 0 atom stereocenters. The van der Waals surface area contributed by atoms with E-state index in [1.807, 2.05) is 6.92 Å². The lowest BCUT2D eigenvalue weighted by atomic mass is 10.3. The van der Waals surface area contributed by atoms with Gasteiger partial charge in [-0.1, -0.05) is 6.92 Å². The quantitative estimate of drug-likeness (QED) is 0.907. The average molecular weight is 279 g/mol. The Hall–Kier alpha value is -2.24. The van der Waals surface area contributed by atoms with E-state index in [-0.39, 0.29) is 11.6 Å². The topological polar surface area (TPSA) is 47.0 Å². The SMILES string of the molecule is CCCNc1cc(Oc2ccc(F)cc2F)nc(C)n1. The van der Waals surface area contributed by atoms with Gasteiger partial charge in [0.25, 0.3) is 0 Å². The second-order valence-electron chi connectivity index (χ2n) is 4.24. The summed E-state index contributed by atoms with van der Waals surface area (Å²) < 4.78 is 31.7. The molecule has 4 nitrogen and oxygen atoms in total. The molecule has 0 aliphatic carbocycles. The number of halogens is 2. The summed E-state index contributed by atoms with van der Waals surface area (Å²) in [6.45, 7) is 4.51. The minimum atomic E-state index is -0.774. The van der Waals surface area contributed by atoms with Gasteiger partial charge in [-0.25, -0.2) is 13.8 Å². The van der Waals surface area contributed by atoms with Gasteiger partial charge in [0.15, 0.2) is 11.6 Å². The molecule has 0 fully saturated rings. The summed E-state index contributed by atoms with van der Waals surface area (Å²) in [5, 5.41) is 3.10. The Kier molecular flexibility index (Phi) is 4.45. The molecule has 0 spiro atoms. The molecule has 6 heteroatoms. The maximum atomic E-state index is 13.5. The van der Waals surface area contributed by atoms with Crippen molar-refractivity contribution in [3.05, 3.63) is 41.7 Å². The van der Waals surface area contributed by atoms with Gasteiger partial charge < -0.3 is 10.1 Å². The first kappa shape index (κ1) is 14.2. The van der Waals surface area contributed by atoms with E-state index in [9.17, 15) is 8.78 Å². The van der Waals surface area contributed by atoms with Crippen molar-refractivity contribution in [3.8, 4) is 11.6 Å². The summed E-state index contributed by atoms with van der Waals surface area (Å²) in [4.78, 5) is 8.26. The van der Waals surface area contributed by atoms with Crippen LogP contribution in [0.1, 0.15) is 19.2 Å². The molecule has 2 rings (SSSR count). The normalized spacial score (nSPS) is 10.4. The van der Waals surface area contributed by atoms with E-state index >= 15 is 0 Å². The number of nitrogens with one attached hydrogen (secondary N) is 1. The number of benzene rings is 1. The minimum Gasteiger partial charge on any atom is -0.436 e. The molecule has 0 aliphatic rings. The number of rotatable bonds is 5. The van der Waals surface area contributed by atoms with Crippen LogP contribution in [0.4, 0.5) is 14.6 Å². The summed E-state index contributed by atoms with van der Waals surface area (Å²) in [7, 11) is 0. The molecule has 0 saturated heterocycles. The van der Waals surface area contributed by atoms with Crippen molar-refractivity contribution in [3.63, 3.8) is 0 Å². The molecule has 0 unspecified atom stereocenters. The molecule has 2 aromatic rings. The van der Waals surface area contributed by atoms with Crippen LogP contribution in [0.15, 0.2) is 24.3 Å². The molecule has 1 aromatic carbocycles. The molecular formula is C14H15F2N3O. The predicted molar refractivity (Wildman–Crippen MR) is 72.0 cm³/mol. The van der Waals surface area contributed by atoms with Crippen molar-refractivity contribution in [2.24, 2.45) is 0 Å². The van der Waals surface area contributed by atoms with Crippen LogP contribution in [0.5, 0.6) is 11.6 Å². The lowest BCUT2D eigenvalue weighted by Crippen LogP contribution is -2.04. The van der Waals surface area contributed by atoms with Crippen LogP contribution in [0.25, 0.3) is 0 Å². The summed E-state index contributed by atoms with van der Waals surface area (Å²) in [6, 6.07) is 4.69. The molecule has 0 aliphatic heterocycles. The second kappa shape index (κ2) is 6.27. The summed E-state index contributed by atoms with van der Waals surface area (Å²) in [5.41, 5.74) is 0. The van der Waals surface area contributed by atoms with E-state index in [1.165, 1.54) is 6.07 Å². The Labute approximate surface area is 115 Å². The highest BCUT2D eigenvalue weighted by Crippen LogP contribution is 2.24. The third kappa shape index (κ3) is 3.63. The van der Waals surface area contributed by atoms with Crippen LogP contribution in [0, 0.1) is 18.6 Å². The highest BCUT2D eigenvalue weighted by atomic mass is 19.1. The molecule has 0 amide bonds. The van der Waals surface area contributed by atoms with Crippen molar-refractivity contribution in [1.82, 2.24) is 9.97 Å². The number of anilines is 1. The van der Waals surface area contributed by atoms with Crippen molar-refractivity contribution in [1.29, 1.82) is 0 Å². The first-order chi connectivity index (χ1) is 9.58. The maximum Gasteiger partial charge on any atom is 0.224 e. The Morgan fingerprint density at radius 2 is 2.00 bits per heavy atom. The van der Waals surface area contributed by atoms with Crippen LogP contribution in [0.3, 0.4) is 0 Å². The summed E-state index contributed by atoms with van der Waals surface area (Å²) in [6.07, 6.45) is 0.950. The molecule has 1 N–H and O–H groups in total. The molecule has 106 valence electrons. The van der Waals surface area contributed by atoms with Gasteiger partial charge in [0, 0.05) is 18.7 Å². The van der Waals surface area contributed by atoms with Gasteiger partial charge in [-0.05, 0) is 25.5 Å². The Morgan fingerprint density at radius 1 is 1.20 bits per heavy atom. The van der Waals surface area contributed by atoms with Gasteiger partial charge in [-0.15, -0.1) is 0 Å². The van der Waals surface area contributed by atoms with E-state index in [1.54, 1.807) is 13.0 Å². The number of aromatic nitrogens is 2. The van der Waals surface area contributed by atoms with E-state index in [2.05, 4.69) is 15.3 Å². The van der Waals surface area contributed by atoms with Crippen molar-refractivity contribution in [2.45, 2.75) is 20.3 Å². The van der Waals surface area contributed by atoms with Crippen LogP contribution < -0.4 is 10.1 Å². The first-order valence-corrected chi connectivity index (χ1v) is 6.31. The van der Waals surface area contributed by atoms with Crippen molar-refractivity contribution < 1.29 is 13.5 Å². The number of ether oxygens (including phenoxy) is 1. The van der Waals surface area contributed by atoms with Gasteiger partial charge in [0.1, 0.15) is 17.5 Å². The minimum absolute atomic E-state index is 0.0778. The fourth-order valence-electron chi connectivity index (χ4n) is 1.61. The predicted octanol–water partition coefficient (Wildman–Crippen LogP) is 3.68. The van der Waals surface area contributed by atoms with Gasteiger partial charge in [-0.3, -0.25) is 0 Å². The number of hydrogen-bond donors (Lipinski definition) is 1. The zero-order chi connectivity index (χ0) is 14.5. The Balaban J connectivity index is 2.21. The zero-order valence-electron chi connectivity index (χ0n) is 11.3. The highest BCUT2D eigenvalue weighted by Gasteiger charge is 2.09. The van der Waals surface area contributed by atoms with Crippen molar-refractivity contribution >= 4 is 5.82 Å². The molecule has 0 saturated carbocycles. The Bertz CT molecular complexity index is 605. The van der Waals surface area contributed by atoms with Crippen LogP contribution in [-0.4, -0.2) is 16.5 Å². The fraction of sp³-hybridized carbons (Fsp3) is 0.286. The van der Waals surface area contributed by atoms with Gasteiger partial charge in [-0.2, -0.15) is 4.98 Å². The standard InChI is InChI=1S/C14H15F2N3O/c1-3-6-17-13-8-14(19-9(2)18-13)20-12-5-4-10(15)7-11(12)16/h4-5,7-8H,3,6H2,1-2H3,(H,17,18,19). The van der Waals surface area contributed by atoms with E-state index in [0.717, 1.165) is 25.1 Å². The lowest BCUT2D eigenvalue weighted by molar-refractivity contribution is 0.422. The second-order valence-corrected chi connectivity index (χ2v) is 4.24. The van der Waals surface area contributed by atoms with E-state index in [4.69, 9.17) is 4.74 Å². The van der Waals surface area contributed by atoms with Gasteiger partial charge in [0.05, 0.1) is 0 Å². The monoisotopic (exact) mass is 279 g/mol. The fourth-order valence-corrected chi connectivity index (χ4v) is 1.61. The third-order valence-electron chi connectivity index (χ3n) is 2.48. The summed E-state index contributed by atoms with van der Waals surface area (Å²) >= 11 is 0. The first-order valence-electron chi connectivity index (χ1n) is 6.31. The molecular weight excluding hydrogens is 264 g/mol.